The van der Waals surface area contributed by atoms with E-state index in [1.54, 1.807) is 4.90 Å². The Morgan fingerprint density at radius 1 is 1.27 bits per heavy atom. The molecule has 3 rings (SSSR count). The number of anilines is 1. The highest BCUT2D eigenvalue weighted by Gasteiger charge is 2.36. The van der Waals surface area contributed by atoms with Crippen LogP contribution in [0.15, 0.2) is 24.3 Å². The molecular weight excluding hydrogens is 330 g/mol. The van der Waals surface area contributed by atoms with E-state index in [0.717, 1.165) is 31.4 Å². The van der Waals surface area contributed by atoms with E-state index >= 15 is 0 Å². The van der Waals surface area contributed by atoms with Crippen molar-refractivity contribution < 1.29 is 14.4 Å². The topological polar surface area (TPSA) is 78.5 Å². The quantitative estimate of drug-likeness (QED) is 0.814. The second-order valence-corrected chi connectivity index (χ2v) is 7.17. The number of aryl methyl sites for hydroxylation is 1. The average molecular weight is 357 g/mol. The van der Waals surface area contributed by atoms with Gasteiger partial charge in [-0.05, 0) is 43.4 Å². The SMILES string of the molecule is CCCCc1ccc(N2C[C@@H](C(=O)N[C@@H]3CCCNC3=O)CC2=O)cc1. The van der Waals surface area contributed by atoms with Crippen LogP contribution in [0.3, 0.4) is 0 Å². The van der Waals surface area contributed by atoms with Crippen LogP contribution in [0.1, 0.15) is 44.6 Å². The van der Waals surface area contributed by atoms with E-state index in [4.69, 9.17) is 0 Å². The van der Waals surface area contributed by atoms with Gasteiger partial charge in [-0.25, -0.2) is 0 Å². The Hall–Kier alpha value is -2.37. The van der Waals surface area contributed by atoms with Crippen molar-refractivity contribution in [2.45, 2.75) is 51.5 Å². The summed E-state index contributed by atoms with van der Waals surface area (Å²) in [6.07, 6.45) is 5.05. The third-order valence-electron chi connectivity index (χ3n) is 5.16. The number of nitrogens with zero attached hydrogens (tertiary/aromatic N) is 1. The lowest BCUT2D eigenvalue weighted by Gasteiger charge is -2.24. The number of piperidine rings is 1. The summed E-state index contributed by atoms with van der Waals surface area (Å²) in [6.45, 7) is 3.20. The van der Waals surface area contributed by atoms with Gasteiger partial charge in [0.05, 0.1) is 5.92 Å². The molecule has 0 saturated carbocycles. The molecule has 2 heterocycles. The molecule has 6 nitrogen and oxygen atoms in total. The van der Waals surface area contributed by atoms with E-state index in [2.05, 4.69) is 29.7 Å². The highest BCUT2D eigenvalue weighted by molar-refractivity contribution is 6.01. The number of rotatable bonds is 6. The van der Waals surface area contributed by atoms with Gasteiger partial charge in [0.1, 0.15) is 6.04 Å². The Morgan fingerprint density at radius 3 is 2.73 bits per heavy atom. The summed E-state index contributed by atoms with van der Waals surface area (Å²) >= 11 is 0. The summed E-state index contributed by atoms with van der Waals surface area (Å²) in [4.78, 5) is 38.3. The van der Waals surface area contributed by atoms with Crippen LogP contribution in [-0.4, -0.2) is 36.9 Å². The summed E-state index contributed by atoms with van der Waals surface area (Å²) < 4.78 is 0. The van der Waals surface area contributed by atoms with E-state index in [-0.39, 0.29) is 24.1 Å². The fourth-order valence-corrected chi connectivity index (χ4v) is 3.56. The van der Waals surface area contributed by atoms with Crippen molar-refractivity contribution in [1.29, 1.82) is 0 Å². The molecule has 2 aliphatic rings. The maximum Gasteiger partial charge on any atom is 0.242 e. The van der Waals surface area contributed by atoms with E-state index in [1.807, 2.05) is 12.1 Å². The molecule has 1 aromatic rings. The van der Waals surface area contributed by atoms with E-state index < -0.39 is 12.0 Å². The normalized spacial score (nSPS) is 23.0. The highest BCUT2D eigenvalue weighted by atomic mass is 16.2. The maximum atomic E-state index is 12.5. The van der Waals surface area contributed by atoms with Gasteiger partial charge in [0.25, 0.3) is 0 Å². The molecule has 0 aliphatic carbocycles. The number of benzene rings is 1. The van der Waals surface area contributed by atoms with Crippen LogP contribution in [-0.2, 0) is 20.8 Å². The van der Waals surface area contributed by atoms with Gasteiger partial charge in [-0.1, -0.05) is 25.5 Å². The van der Waals surface area contributed by atoms with Gasteiger partial charge in [-0.2, -0.15) is 0 Å². The van der Waals surface area contributed by atoms with Gasteiger partial charge < -0.3 is 15.5 Å². The standard InChI is InChI=1S/C20H27N3O3/c1-2-3-5-14-7-9-16(10-8-14)23-13-15(12-18(23)24)19(25)22-17-6-4-11-21-20(17)26/h7-10,15,17H,2-6,11-13H2,1H3,(H,21,26)(H,22,25)/t15-,17+/m0/s1. The molecule has 2 N–H and O–H groups in total. The van der Waals surface area contributed by atoms with E-state index in [0.29, 0.717) is 19.5 Å². The Bertz CT molecular complexity index is 671. The van der Waals surface area contributed by atoms with Crippen LogP contribution in [0.5, 0.6) is 0 Å². The Balaban J connectivity index is 1.59. The molecular formula is C20H27N3O3. The smallest absolute Gasteiger partial charge is 0.242 e. The Kier molecular flexibility index (Phi) is 5.91. The van der Waals surface area contributed by atoms with Gasteiger partial charge >= 0.3 is 0 Å². The molecule has 26 heavy (non-hydrogen) atoms. The van der Waals surface area contributed by atoms with Crippen molar-refractivity contribution in [2.24, 2.45) is 5.92 Å². The molecule has 3 amide bonds. The average Bonchev–Trinajstić information content (AvgIpc) is 3.04. The molecule has 2 saturated heterocycles. The Labute approximate surface area is 154 Å². The second-order valence-electron chi connectivity index (χ2n) is 7.17. The molecule has 6 heteroatoms. The third-order valence-corrected chi connectivity index (χ3v) is 5.16. The molecule has 2 aliphatic heterocycles. The number of carbonyl (C=O) groups excluding carboxylic acids is 3. The third kappa shape index (κ3) is 4.23. The van der Waals surface area contributed by atoms with Gasteiger partial charge in [0.15, 0.2) is 0 Å². The van der Waals surface area contributed by atoms with Crippen LogP contribution >= 0.6 is 0 Å². The minimum atomic E-state index is -0.474. The number of carbonyl (C=O) groups is 3. The molecule has 0 bridgehead atoms. The first-order valence-corrected chi connectivity index (χ1v) is 9.56. The lowest BCUT2D eigenvalue weighted by molar-refractivity contribution is -0.132. The van der Waals surface area contributed by atoms with Crippen molar-refractivity contribution >= 4 is 23.4 Å². The fourth-order valence-electron chi connectivity index (χ4n) is 3.56. The van der Waals surface area contributed by atoms with Gasteiger partial charge in [0.2, 0.25) is 17.7 Å². The minimum absolute atomic E-state index is 0.0421. The molecule has 0 spiro atoms. The van der Waals surface area contributed by atoms with E-state index in [1.165, 1.54) is 5.56 Å². The first-order valence-electron chi connectivity index (χ1n) is 9.56. The monoisotopic (exact) mass is 357 g/mol. The van der Waals surface area contributed by atoms with Crippen molar-refractivity contribution in [2.75, 3.05) is 18.0 Å². The zero-order valence-corrected chi connectivity index (χ0v) is 15.3. The molecule has 0 radical (unpaired) electrons. The zero-order chi connectivity index (χ0) is 18.5. The van der Waals surface area contributed by atoms with Gasteiger partial charge in [-0.3, -0.25) is 14.4 Å². The second kappa shape index (κ2) is 8.34. The first kappa shape index (κ1) is 18.4. The molecule has 2 fully saturated rings. The minimum Gasteiger partial charge on any atom is -0.354 e. The van der Waals surface area contributed by atoms with Crippen molar-refractivity contribution in [3.63, 3.8) is 0 Å². The van der Waals surface area contributed by atoms with Crippen molar-refractivity contribution in [3.05, 3.63) is 29.8 Å². The number of hydrogen-bond donors (Lipinski definition) is 2. The number of unbranched alkanes of at least 4 members (excludes halogenated alkanes) is 1. The van der Waals surface area contributed by atoms with Crippen LogP contribution in [0.2, 0.25) is 0 Å². The van der Waals surface area contributed by atoms with Crippen LogP contribution in [0.4, 0.5) is 5.69 Å². The highest BCUT2D eigenvalue weighted by Crippen LogP contribution is 2.26. The molecule has 0 unspecified atom stereocenters. The zero-order valence-electron chi connectivity index (χ0n) is 15.3. The Morgan fingerprint density at radius 2 is 2.04 bits per heavy atom. The number of nitrogens with one attached hydrogen (secondary N) is 2. The summed E-state index contributed by atoms with van der Waals surface area (Å²) in [7, 11) is 0. The fraction of sp³-hybridized carbons (Fsp3) is 0.550. The predicted octanol–water partition coefficient (Wildman–Crippen LogP) is 1.78. The van der Waals surface area contributed by atoms with Crippen LogP contribution < -0.4 is 15.5 Å². The lowest BCUT2D eigenvalue weighted by Crippen LogP contribution is -2.51. The largest absolute Gasteiger partial charge is 0.354 e. The summed E-state index contributed by atoms with van der Waals surface area (Å²) in [5, 5.41) is 5.57. The molecule has 0 aromatic heterocycles. The van der Waals surface area contributed by atoms with Crippen LogP contribution in [0.25, 0.3) is 0 Å². The number of amides is 3. The molecule has 140 valence electrons. The van der Waals surface area contributed by atoms with Gasteiger partial charge in [0, 0.05) is 25.2 Å². The summed E-state index contributed by atoms with van der Waals surface area (Å²) in [6, 6.07) is 7.55. The van der Waals surface area contributed by atoms with E-state index in [9.17, 15) is 14.4 Å². The van der Waals surface area contributed by atoms with Crippen molar-refractivity contribution in [1.82, 2.24) is 10.6 Å². The van der Waals surface area contributed by atoms with Gasteiger partial charge in [-0.15, -0.1) is 0 Å². The molecule has 2 atom stereocenters. The lowest BCUT2D eigenvalue weighted by atomic mass is 10.0. The summed E-state index contributed by atoms with van der Waals surface area (Å²) in [5.74, 6) is -0.785. The van der Waals surface area contributed by atoms with Crippen molar-refractivity contribution in [3.8, 4) is 0 Å². The predicted molar refractivity (Wildman–Crippen MR) is 99.7 cm³/mol. The molecule has 1 aromatic carbocycles. The summed E-state index contributed by atoms with van der Waals surface area (Å²) in [5.41, 5.74) is 2.10. The maximum absolute atomic E-state index is 12.5. The first-order chi connectivity index (χ1) is 12.6. The number of hydrogen-bond acceptors (Lipinski definition) is 3. The van der Waals surface area contributed by atoms with Crippen LogP contribution in [0, 0.1) is 5.92 Å².